The molecular weight excluding hydrogens is 396 g/mol. The van der Waals surface area contributed by atoms with Crippen LogP contribution in [0, 0.1) is 6.92 Å². The molecule has 2 aromatic rings. The smallest absolute Gasteiger partial charge is 0.415 e. The summed E-state index contributed by atoms with van der Waals surface area (Å²) in [5.74, 6) is 0.446. The number of benzene rings is 1. The lowest BCUT2D eigenvalue weighted by molar-refractivity contribution is 0.0577. The van der Waals surface area contributed by atoms with Crippen molar-refractivity contribution in [2.24, 2.45) is 10.7 Å². The van der Waals surface area contributed by atoms with E-state index in [2.05, 4.69) is 33.9 Å². The zero-order valence-electron chi connectivity index (χ0n) is 18.3. The molecule has 7 heteroatoms. The Bertz CT molecular complexity index is 883. The third-order valence-electron chi connectivity index (χ3n) is 4.71. The summed E-state index contributed by atoms with van der Waals surface area (Å²) in [7, 11) is 0. The maximum Gasteiger partial charge on any atom is 0.415 e. The van der Waals surface area contributed by atoms with E-state index in [0.717, 1.165) is 42.6 Å². The van der Waals surface area contributed by atoms with Crippen LogP contribution in [-0.4, -0.2) is 30.2 Å². The first-order chi connectivity index (χ1) is 14.2. The SMILES string of the molecule is Cc1cc(CN=C(N)NCCc2cccs2)ccc1N(C(=O)OC(C)(C)C)C1CC1. The highest BCUT2D eigenvalue weighted by Gasteiger charge is 2.37. The van der Waals surface area contributed by atoms with E-state index in [4.69, 9.17) is 10.5 Å². The number of hydrogen-bond acceptors (Lipinski definition) is 4. The summed E-state index contributed by atoms with van der Waals surface area (Å²) in [4.78, 5) is 20.3. The Morgan fingerprint density at radius 1 is 1.33 bits per heavy atom. The van der Waals surface area contributed by atoms with Crippen LogP contribution in [0.3, 0.4) is 0 Å². The van der Waals surface area contributed by atoms with Crippen LogP contribution in [0.1, 0.15) is 49.6 Å². The molecule has 0 atom stereocenters. The van der Waals surface area contributed by atoms with Crippen molar-refractivity contribution in [2.45, 2.75) is 65.1 Å². The highest BCUT2D eigenvalue weighted by atomic mass is 32.1. The number of amides is 1. The van der Waals surface area contributed by atoms with Gasteiger partial charge in [0.05, 0.1) is 12.2 Å². The van der Waals surface area contributed by atoms with Crippen molar-refractivity contribution in [1.82, 2.24) is 5.32 Å². The van der Waals surface area contributed by atoms with E-state index in [0.29, 0.717) is 12.5 Å². The number of nitrogens with one attached hydrogen (secondary N) is 1. The van der Waals surface area contributed by atoms with Crippen molar-refractivity contribution in [1.29, 1.82) is 0 Å². The van der Waals surface area contributed by atoms with Gasteiger partial charge >= 0.3 is 6.09 Å². The molecule has 1 heterocycles. The van der Waals surface area contributed by atoms with E-state index in [1.54, 1.807) is 16.2 Å². The van der Waals surface area contributed by atoms with Crippen LogP contribution in [0.4, 0.5) is 10.5 Å². The average Bonchev–Trinajstić information content (AvgIpc) is 3.35. The van der Waals surface area contributed by atoms with Crippen LogP contribution in [0.25, 0.3) is 0 Å². The topological polar surface area (TPSA) is 80.0 Å². The number of ether oxygens (including phenoxy) is 1. The fourth-order valence-corrected chi connectivity index (χ4v) is 3.88. The molecule has 3 N–H and O–H groups in total. The van der Waals surface area contributed by atoms with E-state index in [9.17, 15) is 4.79 Å². The predicted molar refractivity (Wildman–Crippen MR) is 124 cm³/mol. The summed E-state index contributed by atoms with van der Waals surface area (Å²) in [6.45, 7) is 8.95. The first-order valence-electron chi connectivity index (χ1n) is 10.4. The maximum absolute atomic E-state index is 12.7. The molecule has 0 bridgehead atoms. The van der Waals surface area contributed by atoms with Crippen molar-refractivity contribution in [3.63, 3.8) is 0 Å². The summed E-state index contributed by atoms with van der Waals surface area (Å²) in [6.07, 6.45) is 2.68. The molecule has 1 amide bonds. The number of thiophene rings is 1. The van der Waals surface area contributed by atoms with Gasteiger partial charge < -0.3 is 15.8 Å². The number of carbonyl (C=O) groups is 1. The minimum atomic E-state index is -0.513. The van der Waals surface area contributed by atoms with E-state index >= 15 is 0 Å². The van der Waals surface area contributed by atoms with Crippen molar-refractivity contribution >= 4 is 29.1 Å². The summed E-state index contributed by atoms with van der Waals surface area (Å²) < 4.78 is 5.63. The second kappa shape index (κ2) is 9.51. The van der Waals surface area contributed by atoms with Crippen LogP contribution in [-0.2, 0) is 17.7 Å². The number of rotatable bonds is 7. The van der Waals surface area contributed by atoms with Crippen molar-refractivity contribution in [3.05, 3.63) is 51.7 Å². The fourth-order valence-electron chi connectivity index (χ4n) is 3.18. The Labute approximate surface area is 183 Å². The number of guanidine groups is 1. The number of hydrogen-bond donors (Lipinski definition) is 2. The lowest BCUT2D eigenvalue weighted by Crippen LogP contribution is -2.38. The first-order valence-corrected chi connectivity index (χ1v) is 11.3. The van der Waals surface area contributed by atoms with E-state index < -0.39 is 5.60 Å². The molecule has 1 fully saturated rings. The van der Waals surface area contributed by atoms with Crippen LogP contribution in [0.5, 0.6) is 0 Å². The number of carbonyl (C=O) groups excluding carboxylic acids is 1. The Hall–Kier alpha value is -2.54. The number of aliphatic imine (C=N–C) groups is 1. The van der Waals surface area contributed by atoms with Crippen molar-refractivity contribution in [2.75, 3.05) is 11.4 Å². The van der Waals surface area contributed by atoms with Gasteiger partial charge in [0.1, 0.15) is 5.60 Å². The molecule has 1 aliphatic carbocycles. The molecule has 1 aromatic heterocycles. The average molecular weight is 429 g/mol. The first kappa shape index (κ1) is 22.2. The monoisotopic (exact) mass is 428 g/mol. The number of anilines is 1. The molecule has 0 saturated heterocycles. The van der Waals surface area contributed by atoms with Gasteiger partial charge in [-0.25, -0.2) is 9.79 Å². The van der Waals surface area contributed by atoms with Gasteiger partial charge in [0, 0.05) is 17.5 Å². The van der Waals surface area contributed by atoms with Crippen LogP contribution >= 0.6 is 11.3 Å². The second-order valence-corrected chi connectivity index (χ2v) is 9.69. The molecule has 3 rings (SSSR count). The van der Waals surface area contributed by atoms with Gasteiger partial charge in [-0.3, -0.25) is 4.90 Å². The van der Waals surface area contributed by atoms with Crippen LogP contribution in [0.15, 0.2) is 40.7 Å². The summed E-state index contributed by atoms with van der Waals surface area (Å²) in [5.41, 5.74) is 8.47. The second-order valence-electron chi connectivity index (χ2n) is 8.66. The largest absolute Gasteiger partial charge is 0.443 e. The van der Waals surface area contributed by atoms with Gasteiger partial charge in [0.25, 0.3) is 0 Å². The standard InChI is InChI=1S/C23H32N4O2S/c1-16-14-17(15-26-21(24)25-12-11-19-6-5-13-30-19)7-10-20(16)27(18-8-9-18)22(28)29-23(2,3)4/h5-7,10,13-14,18H,8-9,11-12,15H2,1-4H3,(H3,24,25,26). The number of aryl methyl sites for hydroxylation is 1. The number of nitrogens with zero attached hydrogens (tertiary/aromatic N) is 2. The molecule has 1 saturated carbocycles. The van der Waals surface area contributed by atoms with E-state index in [1.807, 2.05) is 39.8 Å². The quantitative estimate of drug-likeness (QED) is 0.499. The third-order valence-corrected chi connectivity index (χ3v) is 5.65. The van der Waals surface area contributed by atoms with Gasteiger partial charge in [-0.05, 0) is 75.6 Å². The van der Waals surface area contributed by atoms with Gasteiger partial charge in [0.2, 0.25) is 0 Å². The minimum absolute atomic E-state index is 0.227. The Morgan fingerprint density at radius 2 is 2.10 bits per heavy atom. The minimum Gasteiger partial charge on any atom is -0.443 e. The molecule has 162 valence electrons. The highest BCUT2D eigenvalue weighted by molar-refractivity contribution is 7.09. The fraction of sp³-hybridized carbons (Fsp3) is 0.478. The zero-order valence-corrected chi connectivity index (χ0v) is 19.1. The normalized spacial score (nSPS) is 14.5. The molecule has 0 aliphatic heterocycles. The Balaban J connectivity index is 1.60. The van der Waals surface area contributed by atoms with Gasteiger partial charge in [-0.1, -0.05) is 18.2 Å². The van der Waals surface area contributed by atoms with Gasteiger partial charge in [0.15, 0.2) is 5.96 Å². The lowest BCUT2D eigenvalue weighted by Gasteiger charge is -2.28. The van der Waals surface area contributed by atoms with Gasteiger partial charge in [-0.15, -0.1) is 11.3 Å². The van der Waals surface area contributed by atoms with E-state index in [1.165, 1.54) is 4.88 Å². The Kier molecular flexibility index (Phi) is 7.02. The van der Waals surface area contributed by atoms with Gasteiger partial charge in [-0.2, -0.15) is 0 Å². The molecule has 1 aromatic carbocycles. The maximum atomic E-state index is 12.7. The zero-order chi connectivity index (χ0) is 21.7. The molecule has 0 spiro atoms. The van der Waals surface area contributed by atoms with Crippen molar-refractivity contribution < 1.29 is 9.53 Å². The summed E-state index contributed by atoms with van der Waals surface area (Å²) in [6, 6.07) is 10.5. The number of nitrogens with two attached hydrogens (primary N) is 1. The molecule has 0 radical (unpaired) electrons. The molecule has 0 unspecified atom stereocenters. The van der Waals surface area contributed by atoms with Crippen LogP contribution in [0.2, 0.25) is 0 Å². The van der Waals surface area contributed by atoms with Crippen LogP contribution < -0.4 is 16.0 Å². The summed E-state index contributed by atoms with van der Waals surface area (Å²) in [5, 5.41) is 5.24. The summed E-state index contributed by atoms with van der Waals surface area (Å²) >= 11 is 1.74. The molecule has 30 heavy (non-hydrogen) atoms. The molecule has 6 nitrogen and oxygen atoms in total. The highest BCUT2D eigenvalue weighted by Crippen LogP contribution is 2.35. The van der Waals surface area contributed by atoms with E-state index in [-0.39, 0.29) is 12.1 Å². The Morgan fingerprint density at radius 3 is 2.70 bits per heavy atom. The predicted octanol–water partition coefficient (Wildman–Crippen LogP) is 4.61. The lowest BCUT2D eigenvalue weighted by atomic mass is 10.1. The van der Waals surface area contributed by atoms with Crippen molar-refractivity contribution in [3.8, 4) is 0 Å². The molecular formula is C23H32N4O2S. The molecule has 1 aliphatic rings. The third kappa shape index (κ3) is 6.49.